The molecule has 0 aromatic heterocycles. The van der Waals surface area contributed by atoms with E-state index in [4.69, 9.17) is 5.73 Å². The van der Waals surface area contributed by atoms with Crippen LogP contribution < -0.4 is 16.4 Å². The van der Waals surface area contributed by atoms with Crippen molar-refractivity contribution in [2.45, 2.75) is 0 Å². The number of rotatable bonds is 2. The number of hydrogen-bond acceptors (Lipinski definition) is 2. The summed E-state index contributed by atoms with van der Waals surface area (Å²) < 4.78 is 0. The second-order valence-corrected chi connectivity index (χ2v) is 4.73. The van der Waals surface area contributed by atoms with Crippen LogP contribution in [-0.4, -0.2) is 6.03 Å². The van der Waals surface area contributed by atoms with Gasteiger partial charge in [0, 0.05) is 16.8 Å². The summed E-state index contributed by atoms with van der Waals surface area (Å²) in [5, 5.41) is 7.74. The zero-order valence-electron chi connectivity index (χ0n) is 11.3. The number of hydrogen-bond donors (Lipinski definition) is 3. The Balaban J connectivity index is 1.79. The van der Waals surface area contributed by atoms with Crippen molar-refractivity contribution in [2.24, 2.45) is 0 Å². The van der Waals surface area contributed by atoms with Crippen LogP contribution in [0.25, 0.3) is 10.8 Å². The van der Waals surface area contributed by atoms with E-state index in [0.717, 1.165) is 16.5 Å². The molecule has 0 unspecified atom stereocenters. The van der Waals surface area contributed by atoms with Crippen LogP contribution in [-0.2, 0) is 0 Å². The molecule has 3 aromatic carbocycles. The van der Waals surface area contributed by atoms with Gasteiger partial charge in [0.15, 0.2) is 0 Å². The number of amides is 2. The van der Waals surface area contributed by atoms with E-state index in [1.54, 1.807) is 24.3 Å². The molecule has 0 heterocycles. The van der Waals surface area contributed by atoms with Crippen LogP contribution in [0.2, 0.25) is 0 Å². The lowest BCUT2D eigenvalue weighted by molar-refractivity contribution is 0.262. The summed E-state index contributed by atoms with van der Waals surface area (Å²) >= 11 is 0. The quantitative estimate of drug-likeness (QED) is 0.618. The summed E-state index contributed by atoms with van der Waals surface area (Å²) in [5.74, 6) is 0. The lowest BCUT2D eigenvalue weighted by Crippen LogP contribution is -2.19. The summed E-state index contributed by atoms with van der Waals surface area (Å²) in [6, 6.07) is 20.5. The van der Waals surface area contributed by atoms with Crippen molar-refractivity contribution in [3.8, 4) is 0 Å². The van der Waals surface area contributed by atoms with Crippen LogP contribution in [0, 0.1) is 0 Å². The lowest BCUT2D eigenvalue weighted by Gasteiger charge is -2.10. The Kier molecular flexibility index (Phi) is 3.43. The first kappa shape index (κ1) is 13.0. The molecule has 104 valence electrons. The van der Waals surface area contributed by atoms with Crippen molar-refractivity contribution in [3.05, 3.63) is 66.7 Å². The smallest absolute Gasteiger partial charge is 0.323 e. The minimum atomic E-state index is -0.281. The molecule has 0 spiro atoms. The fourth-order valence-corrected chi connectivity index (χ4v) is 2.19. The van der Waals surface area contributed by atoms with Crippen LogP contribution in [0.3, 0.4) is 0 Å². The van der Waals surface area contributed by atoms with Crippen molar-refractivity contribution in [1.82, 2.24) is 0 Å². The topological polar surface area (TPSA) is 67.1 Å². The average Bonchev–Trinajstić information content (AvgIpc) is 2.50. The highest BCUT2D eigenvalue weighted by atomic mass is 16.2. The standard InChI is InChI=1S/C17H15N3O/c18-13-8-10-14(11-9-13)19-17(21)20-16-7-3-5-12-4-1-2-6-15(12)16/h1-11H,18H2,(H2,19,20,21). The number of nitrogen functional groups attached to an aromatic ring is 1. The van der Waals surface area contributed by atoms with Crippen LogP contribution >= 0.6 is 0 Å². The van der Waals surface area contributed by atoms with E-state index in [2.05, 4.69) is 10.6 Å². The number of nitrogens with two attached hydrogens (primary N) is 1. The Hall–Kier alpha value is -3.01. The number of anilines is 3. The number of benzene rings is 3. The van der Waals surface area contributed by atoms with E-state index in [1.807, 2.05) is 42.5 Å². The SMILES string of the molecule is Nc1ccc(NC(=O)Nc2cccc3ccccc23)cc1. The van der Waals surface area contributed by atoms with E-state index in [9.17, 15) is 4.79 Å². The molecule has 3 aromatic rings. The molecule has 0 atom stereocenters. The number of nitrogens with one attached hydrogen (secondary N) is 2. The second-order valence-electron chi connectivity index (χ2n) is 4.73. The maximum atomic E-state index is 12.1. The molecule has 4 nitrogen and oxygen atoms in total. The molecule has 0 aliphatic carbocycles. The normalized spacial score (nSPS) is 10.3. The number of fused-ring (bicyclic) bond motifs is 1. The minimum absolute atomic E-state index is 0.281. The summed E-state index contributed by atoms with van der Waals surface area (Å²) in [7, 11) is 0. The summed E-state index contributed by atoms with van der Waals surface area (Å²) in [6.45, 7) is 0. The van der Waals surface area contributed by atoms with Gasteiger partial charge in [-0.25, -0.2) is 4.79 Å². The molecule has 2 amide bonds. The third kappa shape index (κ3) is 2.95. The molecule has 21 heavy (non-hydrogen) atoms. The average molecular weight is 277 g/mol. The maximum absolute atomic E-state index is 12.1. The van der Waals surface area contributed by atoms with Gasteiger partial charge in [-0.15, -0.1) is 0 Å². The van der Waals surface area contributed by atoms with Gasteiger partial charge < -0.3 is 16.4 Å². The monoisotopic (exact) mass is 277 g/mol. The van der Waals surface area contributed by atoms with Crippen molar-refractivity contribution in [1.29, 1.82) is 0 Å². The lowest BCUT2D eigenvalue weighted by atomic mass is 10.1. The van der Waals surface area contributed by atoms with E-state index in [-0.39, 0.29) is 6.03 Å². The van der Waals surface area contributed by atoms with Gasteiger partial charge in [0.2, 0.25) is 0 Å². The summed E-state index contributed by atoms with van der Waals surface area (Å²) in [6.07, 6.45) is 0. The van der Waals surface area contributed by atoms with Gasteiger partial charge in [-0.3, -0.25) is 0 Å². The second kappa shape index (κ2) is 5.54. The predicted octanol–water partition coefficient (Wildman–Crippen LogP) is 4.07. The largest absolute Gasteiger partial charge is 0.399 e. The molecule has 0 saturated heterocycles. The third-order valence-electron chi connectivity index (χ3n) is 3.21. The molecule has 0 aliphatic heterocycles. The molecule has 3 rings (SSSR count). The van der Waals surface area contributed by atoms with Crippen molar-refractivity contribution in [2.75, 3.05) is 16.4 Å². The van der Waals surface area contributed by atoms with Gasteiger partial charge in [0.1, 0.15) is 0 Å². The highest BCUT2D eigenvalue weighted by Crippen LogP contribution is 2.23. The molecule has 0 fully saturated rings. The number of urea groups is 1. The van der Waals surface area contributed by atoms with Crippen molar-refractivity contribution in [3.63, 3.8) is 0 Å². The van der Waals surface area contributed by atoms with E-state index < -0.39 is 0 Å². The first-order valence-electron chi connectivity index (χ1n) is 6.64. The number of carbonyl (C=O) groups excluding carboxylic acids is 1. The first-order chi connectivity index (χ1) is 10.2. The van der Waals surface area contributed by atoms with Crippen LogP contribution in [0.5, 0.6) is 0 Å². The minimum Gasteiger partial charge on any atom is -0.399 e. The zero-order chi connectivity index (χ0) is 14.7. The molecule has 0 radical (unpaired) electrons. The highest BCUT2D eigenvalue weighted by Gasteiger charge is 2.05. The van der Waals surface area contributed by atoms with E-state index in [0.29, 0.717) is 11.4 Å². The van der Waals surface area contributed by atoms with Gasteiger partial charge >= 0.3 is 6.03 Å². The fourth-order valence-electron chi connectivity index (χ4n) is 2.19. The Morgan fingerprint density at radius 1 is 0.810 bits per heavy atom. The van der Waals surface area contributed by atoms with Crippen LogP contribution in [0.15, 0.2) is 66.7 Å². The summed E-state index contributed by atoms with van der Waals surface area (Å²) in [5.41, 5.74) is 7.75. The van der Waals surface area contributed by atoms with Gasteiger partial charge in [-0.05, 0) is 35.7 Å². The third-order valence-corrected chi connectivity index (χ3v) is 3.21. The molecule has 0 saturated carbocycles. The maximum Gasteiger partial charge on any atom is 0.323 e. The Morgan fingerprint density at radius 3 is 2.33 bits per heavy atom. The van der Waals surface area contributed by atoms with Crippen LogP contribution in [0.1, 0.15) is 0 Å². The molecule has 0 aliphatic rings. The molecule has 0 bridgehead atoms. The Morgan fingerprint density at radius 2 is 1.52 bits per heavy atom. The van der Waals surface area contributed by atoms with Gasteiger partial charge in [-0.2, -0.15) is 0 Å². The van der Waals surface area contributed by atoms with Crippen molar-refractivity contribution >= 4 is 33.9 Å². The van der Waals surface area contributed by atoms with Crippen LogP contribution in [0.4, 0.5) is 21.9 Å². The summed E-state index contributed by atoms with van der Waals surface area (Å²) in [4.78, 5) is 12.1. The van der Waals surface area contributed by atoms with Crippen molar-refractivity contribution < 1.29 is 4.79 Å². The Bertz CT molecular complexity index is 776. The fraction of sp³-hybridized carbons (Fsp3) is 0. The molecule has 4 heteroatoms. The zero-order valence-corrected chi connectivity index (χ0v) is 11.3. The highest BCUT2D eigenvalue weighted by molar-refractivity contribution is 6.06. The van der Waals surface area contributed by atoms with E-state index in [1.165, 1.54) is 0 Å². The predicted molar refractivity (Wildman–Crippen MR) is 87.4 cm³/mol. The first-order valence-corrected chi connectivity index (χ1v) is 6.64. The molecular formula is C17H15N3O. The van der Waals surface area contributed by atoms with Gasteiger partial charge in [0.25, 0.3) is 0 Å². The molecule has 4 N–H and O–H groups in total. The van der Waals surface area contributed by atoms with Gasteiger partial charge in [-0.1, -0.05) is 36.4 Å². The Labute approximate surface area is 122 Å². The van der Waals surface area contributed by atoms with E-state index >= 15 is 0 Å². The number of carbonyl (C=O) groups is 1. The molecular weight excluding hydrogens is 262 g/mol. The van der Waals surface area contributed by atoms with Gasteiger partial charge in [0.05, 0.1) is 5.69 Å².